The molecule has 92 valence electrons. The third kappa shape index (κ3) is 3.82. The van der Waals surface area contributed by atoms with Crippen LogP contribution in [0.5, 0.6) is 0 Å². The summed E-state index contributed by atoms with van der Waals surface area (Å²) < 4.78 is 6.29. The number of rotatable bonds is 3. The van der Waals surface area contributed by atoms with Crippen LogP contribution in [0, 0.1) is 5.92 Å². The molecule has 0 atom stereocenters. The zero-order chi connectivity index (χ0) is 12.1. The van der Waals surface area contributed by atoms with E-state index in [1.807, 2.05) is 24.3 Å². The maximum Gasteiger partial charge on any atom is 0.223 e. The van der Waals surface area contributed by atoms with E-state index in [9.17, 15) is 4.79 Å². The number of nitrogens with one attached hydrogen (secondary N) is 1. The smallest absolute Gasteiger partial charge is 0.223 e. The van der Waals surface area contributed by atoms with Crippen LogP contribution in [0.15, 0.2) is 28.7 Å². The largest absolute Gasteiger partial charge is 0.381 e. The standard InChI is InChI=1S/C13H16BrNO2/c14-12-3-1-10(2-4-12)9-15-13(16)11-5-7-17-8-6-11/h1-4,11H,5-9H2,(H,15,16). The number of hydrogen-bond donors (Lipinski definition) is 1. The highest BCUT2D eigenvalue weighted by atomic mass is 79.9. The first-order chi connectivity index (χ1) is 8.25. The molecule has 1 aliphatic rings. The van der Waals surface area contributed by atoms with Gasteiger partial charge < -0.3 is 10.1 Å². The molecular weight excluding hydrogens is 282 g/mol. The molecule has 1 aromatic rings. The van der Waals surface area contributed by atoms with Crippen LogP contribution in [0.25, 0.3) is 0 Å². The summed E-state index contributed by atoms with van der Waals surface area (Å²) in [4.78, 5) is 11.9. The number of benzene rings is 1. The van der Waals surface area contributed by atoms with E-state index >= 15 is 0 Å². The van der Waals surface area contributed by atoms with Gasteiger partial charge in [0.1, 0.15) is 0 Å². The van der Waals surface area contributed by atoms with E-state index < -0.39 is 0 Å². The summed E-state index contributed by atoms with van der Waals surface area (Å²) in [6, 6.07) is 7.98. The number of amides is 1. The predicted molar refractivity (Wildman–Crippen MR) is 69.5 cm³/mol. The molecule has 4 heteroatoms. The van der Waals surface area contributed by atoms with Crippen molar-refractivity contribution >= 4 is 21.8 Å². The van der Waals surface area contributed by atoms with Crippen LogP contribution in [-0.2, 0) is 16.1 Å². The van der Waals surface area contributed by atoms with Gasteiger partial charge in [0.2, 0.25) is 5.91 Å². The summed E-state index contributed by atoms with van der Waals surface area (Å²) in [5.41, 5.74) is 1.12. The van der Waals surface area contributed by atoms with Crippen molar-refractivity contribution in [2.45, 2.75) is 19.4 Å². The molecule has 1 amide bonds. The summed E-state index contributed by atoms with van der Waals surface area (Å²) in [6.07, 6.45) is 1.68. The molecule has 0 unspecified atom stereocenters. The quantitative estimate of drug-likeness (QED) is 0.931. The summed E-state index contributed by atoms with van der Waals surface area (Å²) in [5.74, 6) is 0.274. The van der Waals surface area contributed by atoms with Crippen molar-refractivity contribution in [2.75, 3.05) is 13.2 Å². The third-order valence-corrected chi connectivity index (χ3v) is 3.50. The normalized spacial score (nSPS) is 16.8. The van der Waals surface area contributed by atoms with Gasteiger partial charge in [-0.15, -0.1) is 0 Å². The number of carbonyl (C=O) groups excluding carboxylic acids is 1. The topological polar surface area (TPSA) is 38.3 Å². The van der Waals surface area contributed by atoms with Crippen LogP contribution in [0.4, 0.5) is 0 Å². The van der Waals surface area contributed by atoms with Crippen LogP contribution in [0.3, 0.4) is 0 Å². The number of ether oxygens (including phenoxy) is 1. The molecule has 0 saturated carbocycles. The lowest BCUT2D eigenvalue weighted by Crippen LogP contribution is -2.33. The molecule has 1 aliphatic heterocycles. The average Bonchev–Trinajstić information content (AvgIpc) is 2.39. The molecule has 3 nitrogen and oxygen atoms in total. The molecule has 17 heavy (non-hydrogen) atoms. The first-order valence-corrected chi connectivity index (χ1v) is 6.65. The zero-order valence-corrected chi connectivity index (χ0v) is 11.2. The molecular formula is C13H16BrNO2. The molecule has 1 heterocycles. The maximum atomic E-state index is 11.9. The van der Waals surface area contributed by atoms with Gasteiger partial charge in [0.25, 0.3) is 0 Å². The van der Waals surface area contributed by atoms with Gasteiger partial charge in [-0.1, -0.05) is 28.1 Å². The highest BCUT2D eigenvalue weighted by molar-refractivity contribution is 9.10. The molecule has 0 aliphatic carbocycles. The Morgan fingerprint density at radius 3 is 2.59 bits per heavy atom. The van der Waals surface area contributed by atoms with Gasteiger partial charge in [-0.05, 0) is 30.5 Å². The van der Waals surface area contributed by atoms with Gasteiger partial charge in [-0.2, -0.15) is 0 Å². The lowest BCUT2D eigenvalue weighted by atomic mass is 9.99. The van der Waals surface area contributed by atoms with Crippen molar-refractivity contribution in [1.82, 2.24) is 5.32 Å². The Hall–Kier alpha value is -0.870. The van der Waals surface area contributed by atoms with Crippen molar-refractivity contribution in [3.63, 3.8) is 0 Å². The van der Waals surface area contributed by atoms with E-state index in [2.05, 4.69) is 21.2 Å². The Labute approximate surface area is 110 Å². The second kappa shape index (κ2) is 6.17. The lowest BCUT2D eigenvalue weighted by Gasteiger charge is -2.21. The summed E-state index contributed by atoms with van der Waals surface area (Å²) in [6.45, 7) is 2.01. The molecule has 0 radical (unpaired) electrons. The molecule has 0 spiro atoms. The monoisotopic (exact) mass is 297 g/mol. The predicted octanol–water partition coefficient (Wildman–Crippen LogP) is 2.49. The van der Waals surface area contributed by atoms with E-state index in [4.69, 9.17) is 4.74 Å². The summed E-state index contributed by atoms with van der Waals surface area (Å²) in [5, 5.41) is 2.98. The zero-order valence-electron chi connectivity index (χ0n) is 9.62. The molecule has 0 aromatic heterocycles. The van der Waals surface area contributed by atoms with Crippen molar-refractivity contribution in [3.8, 4) is 0 Å². The molecule has 1 fully saturated rings. The Morgan fingerprint density at radius 2 is 1.94 bits per heavy atom. The molecule has 0 bridgehead atoms. The van der Waals surface area contributed by atoms with Crippen LogP contribution in [0.1, 0.15) is 18.4 Å². The second-order valence-electron chi connectivity index (χ2n) is 4.23. The SMILES string of the molecule is O=C(NCc1ccc(Br)cc1)C1CCOCC1. The van der Waals surface area contributed by atoms with E-state index in [0.717, 1.165) is 22.9 Å². The maximum absolute atomic E-state index is 11.9. The van der Waals surface area contributed by atoms with Crippen molar-refractivity contribution < 1.29 is 9.53 Å². The second-order valence-corrected chi connectivity index (χ2v) is 5.15. The van der Waals surface area contributed by atoms with Crippen molar-refractivity contribution in [3.05, 3.63) is 34.3 Å². The van der Waals surface area contributed by atoms with Gasteiger partial charge in [-0.25, -0.2) is 0 Å². The van der Waals surface area contributed by atoms with Crippen molar-refractivity contribution in [1.29, 1.82) is 0 Å². The van der Waals surface area contributed by atoms with Crippen LogP contribution in [-0.4, -0.2) is 19.1 Å². The van der Waals surface area contributed by atoms with E-state index in [0.29, 0.717) is 19.8 Å². The van der Waals surface area contributed by atoms with Gasteiger partial charge in [-0.3, -0.25) is 4.79 Å². The summed E-state index contributed by atoms with van der Waals surface area (Å²) >= 11 is 3.39. The number of hydrogen-bond acceptors (Lipinski definition) is 2. The minimum atomic E-state index is 0.124. The van der Waals surface area contributed by atoms with Gasteiger partial charge in [0.15, 0.2) is 0 Å². The van der Waals surface area contributed by atoms with Crippen LogP contribution >= 0.6 is 15.9 Å². The fraction of sp³-hybridized carbons (Fsp3) is 0.462. The minimum absolute atomic E-state index is 0.124. The highest BCUT2D eigenvalue weighted by Gasteiger charge is 2.20. The Balaban J connectivity index is 1.81. The van der Waals surface area contributed by atoms with E-state index in [1.165, 1.54) is 0 Å². The molecule has 2 rings (SSSR count). The van der Waals surface area contributed by atoms with E-state index in [-0.39, 0.29) is 11.8 Å². The fourth-order valence-electron chi connectivity index (χ4n) is 1.90. The summed E-state index contributed by atoms with van der Waals surface area (Å²) in [7, 11) is 0. The van der Waals surface area contributed by atoms with E-state index in [1.54, 1.807) is 0 Å². The van der Waals surface area contributed by atoms with Crippen molar-refractivity contribution in [2.24, 2.45) is 5.92 Å². The van der Waals surface area contributed by atoms with Gasteiger partial charge >= 0.3 is 0 Å². The number of halogens is 1. The minimum Gasteiger partial charge on any atom is -0.381 e. The molecule has 1 aromatic carbocycles. The Kier molecular flexibility index (Phi) is 4.57. The third-order valence-electron chi connectivity index (χ3n) is 2.97. The Bertz CT molecular complexity index is 372. The van der Waals surface area contributed by atoms with Crippen LogP contribution in [0.2, 0.25) is 0 Å². The fourth-order valence-corrected chi connectivity index (χ4v) is 2.16. The lowest BCUT2D eigenvalue weighted by molar-refractivity contribution is -0.128. The van der Waals surface area contributed by atoms with Gasteiger partial charge in [0, 0.05) is 30.1 Å². The molecule has 1 saturated heterocycles. The first kappa shape index (κ1) is 12.6. The Morgan fingerprint density at radius 1 is 1.29 bits per heavy atom. The first-order valence-electron chi connectivity index (χ1n) is 5.85. The van der Waals surface area contributed by atoms with Gasteiger partial charge in [0.05, 0.1) is 0 Å². The van der Waals surface area contributed by atoms with Crippen LogP contribution < -0.4 is 5.32 Å². The average molecular weight is 298 g/mol. The highest BCUT2D eigenvalue weighted by Crippen LogP contribution is 2.15. The number of carbonyl (C=O) groups is 1. The molecule has 1 N–H and O–H groups in total.